The second-order valence-electron chi connectivity index (χ2n) is 7.01. The van der Waals surface area contributed by atoms with Crippen molar-refractivity contribution < 1.29 is 13.2 Å². The first-order chi connectivity index (χ1) is 13.2. The Morgan fingerprint density at radius 1 is 1.18 bits per heavy atom. The van der Waals surface area contributed by atoms with E-state index in [0.29, 0.717) is 28.6 Å². The number of sulfone groups is 1. The van der Waals surface area contributed by atoms with Crippen LogP contribution in [0.4, 0.5) is 0 Å². The molecular weight excluding hydrogens is 417 g/mol. The average Bonchev–Trinajstić information content (AvgIpc) is 2.99. The summed E-state index contributed by atoms with van der Waals surface area (Å²) in [4.78, 5) is 14.6. The number of hydrogen-bond acceptors (Lipinski definition) is 3. The first-order valence-electron chi connectivity index (χ1n) is 8.93. The smallest absolute Gasteiger partial charge is 0.247 e. The summed E-state index contributed by atoms with van der Waals surface area (Å²) in [6.07, 6.45) is 3.52. The Bertz CT molecular complexity index is 1000. The van der Waals surface area contributed by atoms with Gasteiger partial charge in [0.05, 0.1) is 11.5 Å². The van der Waals surface area contributed by atoms with Crippen molar-refractivity contribution in [3.8, 4) is 0 Å². The molecule has 4 nitrogen and oxygen atoms in total. The van der Waals surface area contributed by atoms with Crippen LogP contribution in [0.25, 0.3) is 6.08 Å². The van der Waals surface area contributed by atoms with E-state index in [-0.39, 0.29) is 23.5 Å². The van der Waals surface area contributed by atoms with Crippen LogP contribution in [-0.2, 0) is 21.2 Å². The first-order valence-corrected chi connectivity index (χ1v) is 11.5. The minimum atomic E-state index is -3.11. The first kappa shape index (κ1) is 20.9. The van der Waals surface area contributed by atoms with Gasteiger partial charge in [-0.25, -0.2) is 8.42 Å². The average molecular weight is 438 g/mol. The Morgan fingerprint density at radius 3 is 2.50 bits per heavy atom. The van der Waals surface area contributed by atoms with Crippen LogP contribution in [0, 0.1) is 6.92 Å². The number of nitrogens with zero attached hydrogens (tertiary/aromatic N) is 1. The molecule has 1 atom stereocenters. The van der Waals surface area contributed by atoms with Gasteiger partial charge in [-0.2, -0.15) is 0 Å². The molecule has 148 valence electrons. The van der Waals surface area contributed by atoms with E-state index in [9.17, 15) is 13.2 Å². The molecule has 7 heteroatoms. The summed E-state index contributed by atoms with van der Waals surface area (Å²) in [7, 11) is -3.11. The highest BCUT2D eigenvalue weighted by Gasteiger charge is 2.34. The fraction of sp³-hybridized carbons (Fsp3) is 0.286. The maximum Gasteiger partial charge on any atom is 0.247 e. The van der Waals surface area contributed by atoms with Gasteiger partial charge in [0.1, 0.15) is 0 Å². The number of amides is 1. The van der Waals surface area contributed by atoms with Crippen LogP contribution in [0.3, 0.4) is 0 Å². The van der Waals surface area contributed by atoms with Crippen molar-refractivity contribution in [2.75, 3.05) is 11.5 Å². The molecule has 0 radical (unpaired) electrons. The molecule has 2 aromatic rings. The van der Waals surface area contributed by atoms with E-state index in [0.717, 1.165) is 11.1 Å². The van der Waals surface area contributed by atoms with Crippen LogP contribution >= 0.6 is 23.2 Å². The molecule has 1 aliphatic heterocycles. The van der Waals surface area contributed by atoms with Gasteiger partial charge in [-0.1, -0.05) is 59.1 Å². The second kappa shape index (κ2) is 8.68. The summed E-state index contributed by atoms with van der Waals surface area (Å²) >= 11 is 12.1. The summed E-state index contributed by atoms with van der Waals surface area (Å²) < 4.78 is 23.9. The molecule has 1 heterocycles. The van der Waals surface area contributed by atoms with Crippen LogP contribution in [0.5, 0.6) is 0 Å². The molecular formula is C21H21Cl2NO3S. The lowest BCUT2D eigenvalue weighted by molar-refractivity contribution is -0.128. The van der Waals surface area contributed by atoms with E-state index in [1.807, 2.05) is 31.2 Å². The lowest BCUT2D eigenvalue weighted by atomic mass is 10.1. The van der Waals surface area contributed by atoms with E-state index in [1.54, 1.807) is 29.2 Å². The van der Waals surface area contributed by atoms with E-state index in [1.165, 1.54) is 6.08 Å². The molecule has 0 saturated carbocycles. The number of aryl methyl sites for hydroxylation is 1. The van der Waals surface area contributed by atoms with Crippen molar-refractivity contribution >= 4 is 45.0 Å². The summed E-state index contributed by atoms with van der Waals surface area (Å²) in [6, 6.07) is 12.6. The van der Waals surface area contributed by atoms with Gasteiger partial charge in [0.2, 0.25) is 5.91 Å². The number of rotatable bonds is 5. The lowest BCUT2D eigenvalue weighted by Crippen LogP contribution is -2.39. The van der Waals surface area contributed by atoms with Gasteiger partial charge in [0.25, 0.3) is 0 Å². The second-order valence-corrected chi connectivity index (χ2v) is 10.1. The van der Waals surface area contributed by atoms with Gasteiger partial charge in [0, 0.05) is 28.7 Å². The third-order valence-electron chi connectivity index (χ3n) is 4.77. The fourth-order valence-electron chi connectivity index (χ4n) is 3.19. The summed E-state index contributed by atoms with van der Waals surface area (Å²) in [6.45, 7) is 2.35. The molecule has 1 aliphatic rings. The minimum Gasteiger partial charge on any atom is -0.331 e. The summed E-state index contributed by atoms with van der Waals surface area (Å²) in [5, 5.41) is 0.968. The standard InChI is InChI=1S/C21H21Cl2NO3S/c1-15-2-4-16(5-3-15)13-24(19-10-11-28(26,27)14-19)21(25)9-7-17-6-8-18(22)12-20(17)23/h2-9,12,19H,10-11,13-14H2,1H3/b9-7+. The molecule has 1 unspecified atom stereocenters. The van der Waals surface area contributed by atoms with Crippen molar-refractivity contribution in [2.45, 2.75) is 25.9 Å². The molecule has 28 heavy (non-hydrogen) atoms. The van der Waals surface area contributed by atoms with Gasteiger partial charge in [-0.05, 0) is 42.7 Å². The molecule has 1 fully saturated rings. The quantitative estimate of drug-likeness (QED) is 0.645. The van der Waals surface area contributed by atoms with Gasteiger partial charge >= 0.3 is 0 Å². The Labute approximate surface area is 175 Å². The predicted octanol–water partition coefficient (Wildman–Crippen LogP) is 4.53. The molecule has 0 aromatic heterocycles. The highest BCUT2D eigenvalue weighted by molar-refractivity contribution is 7.91. The Hall–Kier alpha value is -1.82. The van der Waals surface area contributed by atoms with Gasteiger partial charge in [0.15, 0.2) is 9.84 Å². The van der Waals surface area contributed by atoms with E-state index < -0.39 is 9.84 Å². The van der Waals surface area contributed by atoms with Crippen LogP contribution in [0.2, 0.25) is 10.0 Å². The number of hydrogen-bond donors (Lipinski definition) is 0. The number of halogens is 2. The molecule has 0 spiro atoms. The number of carbonyl (C=O) groups excluding carboxylic acids is 1. The maximum absolute atomic E-state index is 12.9. The van der Waals surface area contributed by atoms with E-state index >= 15 is 0 Å². The van der Waals surface area contributed by atoms with Crippen molar-refractivity contribution in [2.24, 2.45) is 0 Å². The van der Waals surface area contributed by atoms with Crippen LogP contribution in [0.15, 0.2) is 48.5 Å². The lowest BCUT2D eigenvalue weighted by Gasteiger charge is -2.27. The predicted molar refractivity (Wildman–Crippen MR) is 114 cm³/mol. The highest BCUT2D eigenvalue weighted by Crippen LogP contribution is 2.24. The minimum absolute atomic E-state index is 0.000141. The molecule has 1 saturated heterocycles. The zero-order chi connectivity index (χ0) is 20.3. The van der Waals surface area contributed by atoms with Crippen molar-refractivity contribution in [3.05, 3.63) is 75.3 Å². The van der Waals surface area contributed by atoms with Crippen molar-refractivity contribution in [1.29, 1.82) is 0 Å². The molecule has 0 bridgehead atoms. The monoisotopic (exact) mass is 437 g/mol. The largest absolute Gasteiger partial charge is 0.331 e. The third-order valence-corrected chi connectivity index (χ3v) is 7.09. The molecule has 2 aromatic carbocycles. The Morgan fingerprint density at radius 2 is 1.89 bits per heavy atom. The SMILES string of the molecule is Cc1ccc(CN(C(=O)/C=C/c2ccc(Cl)cc2Cl)C2CCS(=O)(=O)C2)cc1. The zero-order valence-electron chi connectivity index (χ0n) is 15.4. The van der Waals surface area contributed by atoms with Gasteiger partial charge in [-0.15, -0.1) is 0 Å². The van der Waals surface area contributed by atoms with Gasteiger partial charge in [-0.3, -0.25) is 4.79 Å². The highest BCUT2D eigenvalue weighted by atomic mass is 35.5. The molecule has 1 amide bonds. The van der Waals surface area contributed by atoms with Crippen LogP contribution in [0.1, 0.15) is 23.1 Å². The van der Waals surface area contributed by atoms with E-state index in [2.05, 4.69) is 0 Å². The maximum atomic E-state index is 12.9. The summed E-state index contributed by atoms with van der Waals surface area (Å²) in [5.41, 5.74) is 2.76. The summed E-state index contributed by atoms with van der Waals surface area (Å²) in [5.74, 6) is -0.129. The van der Waals surface area contributed by atoms with Crippen LogP contribution in [-0.4, -0.2) is 36.8 Å². The fourth-order valence-corrected chi connectivity index (χ4v) is 5.39. The normalized spacial score (nSPS) is 18.5. The Balaban J connectivity index is 1.83. The van der Waals surface area contributed by atoms with E-state index in [4.69, 9.17) is 23.2 Å². The number of benzene rings is 2. The molecule has 0 N–H and O–H groups in total. The van der Waals surface area contributed by atoms with Crippen molar-refractivity contribution in [1.82, 2.24) is 4.90 Å². The zero-order valence-corrected chi connectivity index (χ0v) is 17.8. The van der Waals surface area contributed by atoms with Crippen molar-refractivity contribution in [3.63, 3.8) is 0 Å². The Kier molecular flexibility index (Phi) is 6.48. The van der Waals surface area contributed by atoms with Crippen LogP contribution < -0.4 is 0 Å². The van der Waals surface area contributed by atoms with Gasteiger partial charge < -0.3 is 4.90 Å². The number of carbonyl (C=O) groups is 1. The molecule has 0 aliphatic carbocycles. The topological polar surface area (TPSA) is 54.5 Å². The third kappa shape index (κ3) is 5.37. The molecule has 3 rings (SSSR count).